The molecular formula is C12H17F3N4O2S. The number of halogens is 3. The second-order valence-corrected chi connectivity index (χ2v) is 6.06. The first-order valence-corrected chi connectivity index (χ1v) is 7.77. The first-order valence-electron chi connectivity index (χ1n) is 6.61. The molecule has 0 aromatic carbocycles. The number of hydrogen-bond donors (Lipinski definition) is 3. The molecule has 0 saturated carbocycles. The lowest BCUT2D eigenvalue weighted by Crippen LogP contribution is -2.48. The van der Waals surface area contributed by atoms with Crippen molar-refractivity contribution in [3.05, 3.63) is 18.2 Å². The largest absolute Gasteiger partial charge is 0.424 e. The number of aliphatic hydroxyl groups is 1. The number of aromatic nitrogens is 2. The average Bonchev–Trinajstić information content (AvgIpc) is 3.07. The van der Waals surface area contributed by atoms with Crippen molar-refractivity contribution in [2.24, 2.45) is 7.05 Å². The highest BCUT2D eigenvalue weighted by Gasteiger charge is 2.57. The third kappa shape index (κ3) is 3.39. The van der Waals surface area contributed by atoms with Gasteiger partial charge in [0, 0.05) is 44.0 Å². The predicted octanol–water partition coefficient (Wildman–Crippen LogP) is 0.339. The van der Waals surface area contributed by atoms with Crippen LogP contribution in [0.3, 0.4) is 0 Å². The summed E-state index contributed by atoms with van der Waals surface area (Å²) in [6.45, 7) is -0.301. The molecule has 0 spiro atoms. The van der Waals surface area contributed by atoms with Gasteiger partial charge < -0.3 is 15.0 Å². The van der Waals surface area contributed by atoms with Crippen LogP contribution in [0, 0.1) is 0 Å². The van der Waals surface area contributed by atoms with Gasteiger partial charge in [0.15, 0.2) is 0 Å². The fourth-order valence-electron chi connectivity index (χ4n) is 2.20. The van der Waals surface area contributed by atoms with Gasteiger partial charge in [-0.05, 0) is 0 Å². The van der Waals surface area contributed by atoms with Gasteiger partial charge in [-0.3, -0.25) is 10.1 Å². The molecule has 0 bridgehead atoms. The first kappa shape index (κ1) is 17.1. The molecule has 1 aliphatic rings. The van der Waals surface area contributed by atoms with Crippen molar-refractivity contribution >= 4 is 17.7 Å². The molecule has 22 heavy (non-hydrogen) atoms. The van der Waals surface area contributed by atoms with Crippen LogP contribution in [0.25, 0.3) is 0 Å². The van der Waals surface area contributed by atoms with Crippen LogP contribution >= 0.6 is 11.8 Å². The van der Waals surface area contributed by atoms with Crippen molar-refractivity contribution in [2.75, 3.05) is 18.2 Å². The Morgan fingerprint density at radius 3 is 2.86 bits per heavy atom. The minimum Gasteiger partial charge on any atom is -0.374 e. The quantitative estimate of drug-likeness (QED) is 0.722. The molecule has 1 saturated heterocycles. The molecule has 0 aliphatic carbocycles. The maximum Gasteiger partial charge on any atom is 0.424 e. The third-order valence-electron chi connectivity index (χ3n) is 3.48. The van der Waals surface area contributed by atoms with Crippen molar-refractivity contribution in [3.8, 4) is 0 Å². The smallest absolute Gasteiger partial charge is 0.374 e. The number of nitrogens with one attached hydrogen (secondary N) is 2. The van der Waals surface area contributed by atoms with Crippen LogP contribution in [0.5, 0.6) is 0 Å². The van der Waals surface area contributed by atoms with Gasteiger partial charge in [0.25, 0.3) is 0 Å². The van der Waals surface area contributed by atoms with Crippen molar-refractivity contribution in [3.63, 3.8) is 0 Å². The van der Waals surface area contributed by atoms with E-state index in [4.69, 9.17) is 0 Å². The second kappa shape index (κ2) is 6.47. The van der Waals surface area contributed by atoms with Gasteiger partial charge in [0.2, 0.25) is 11.5 Å². The summed E-state index contributed by atoms with van der Waals surface area (Å²) in [7, 11) is 1.37. The Morgan fingerprint density at radius 1 is 1.64 bits per heavy atom. The molecule has 0 unspecified atom stereocenters. The molecule has 1 amide bonds. The zero-order valence-electron chi connectivity index (χ0n) is 11.9. The fraction of sp³-hybridized carbons (Fsp3) is 0.667. The molecule has 2 heterocycles. The Kier molecular flexibility index (Phi) is 5.03. The lowest BCUT2D eigenvalue weighted by Gasteiger charge is -2.30. The predicted molar refractivity (Wildman–Crippen MR) is 75.0 cm³/mol. The Labute approximate surface area is 129 Å². The summed E-state index contributed by atoms with van der Waals surface area (Å²) in [5, 5.41) is 15.4. The minimum absolute atomic E-state index is 0.301. The van der Waals surface area contributed by atoms with Crippen molar-refractivity contribution in [1.29, 1.82) is 0 Å². The van der Waals surface area contributed by atoms with Crippen LogP contribution in [0.4, 0.5) is 13.2 Å². The molecule has 0 radical (unpaired) electrons. The van der Waals surface area contributed by atoms with Crippen LogP contribution in [-0.2, 0) is 17.4 Å². The highest BCUT2D eigenvalue weighted by molar-refractivity contribution is 7.99. The van der Waals surface area contributed by atoms with Gasteiger partial charge in [-0.25, -0.2) is 4.98 Å². The summed E-state index contributed by atoms with van der Waals surface area (Å²) in [6.07, 6.45) is -3.08. The van der Waals surface area contributed by atoms with E-state index in [0.717, 1.165) is 4.57 Å². The van der Waals surface area contributed by atoms with Gasteiger partial charge in [-0.15, -0.1) is 11.8 Å². The van der Waals surface area contributed by atoms with Crippen molar-refractivity contribution < 1.29 is 23.1 Å². The highest BCUT2D eigenvalue weighted by Crippen LogP contribution is 2.40. The number of rotatable bonds is 5. The van der Waals surface area contributed by atoms with Gasteiger partial charge >= 0.3 is 6.18 Å². The summed E-state index contributed by atoms with van der Waals surface area (Å²) >= 11 is 1.54. The summed E-state index contributed by atoms with van der Waals surface area (Å²) in [5.41, 5.74) is -3.10. The normalized spacial score (nSPS) is 21.6. The monoisotopic (exact) mass is 338 g/mol. The Balaban J connectivity index is 2.02. The lowest BCUT2D eigenvalue weighted by molar-refractivity contribution is -0.272. The van der Waals surface area contributed by atoms with E-state index >= 15 is 0 Å². The van der Waals surface area contributed by atoms with Gasteiger partial charge in [-0.2, -0.15) is 13.2 Å². The summed E-state index contributed by atoms with van der Waals surface area (Å²) in [4.78, 5) is 15.4. The van der Waals surface area contributed by atoms with E-state index < -0.39 is 30.1 Å². The number of nitrogens with zero attached hydrogens (tertiary/aromatic N) is 2. The zero-order chi connectivity index (χ0) is 16.4. The molecule has 3 N–H and O–H groups in total. The van der Waals surface area contributed by atoms with E-state index in [1.165, 1.54) is 31.2 Å². The molecule has 1 fully saturated rings. The molecule has 1 aromatic rings. The van der Waals surface area contributed by atoms with E-state index in [0.29, 0.717) is 11.6 Å². The molecule has 2 atom stereocenters. The number of imidazole rings is 1. The molecule has 1 aromatic heterocycles. The number of amides is 1. The maximum absolute atomic E-state index is 13.2. The molecular weight excluding hydrogens is 321 g/mol. The topological polar surface area (TPSA) is 79.2 Å². The molecule has 6 nitrogen and oxygen atoms in total. The number of carbonyl (C=O) groups is 1. The Hall–Kier alpha value is -1.26. The van der Waals surface area contributed by atoms with Gasteiger partial charge in [0.1, 0.15) is 5.82 Å². The van der Waals surface area contributed by atoms with Crippen LogP contribution < -0.4 is 10.6 Å². The fourth-order valence-corrected chi connectivity index (χ4v) is 3.14. The van der Waals surface area contributed by atoms with Crippen LogP contribution in [0.1, 0.15) is 12.2 Å². The molecule has 1 aliphatic heterocycles. The van der Waals surface area contributed by atoms with E-state index in [9.17, 15) is 23.1 Å². The van der Waals surface area contributed by atoms with Crippen LogP contribution in [-0.4, -0.2) is 51.0 Å². The number of alkyl halides is 3. The highest BCUT2D eigenvalue weighted by atomic mass is 32.2. The van der Waals surface area contributed by atoms with E-state index in [1.807, 2.05) is 0 Å². The standard InChI is InChI=1S/C12H17F3N4O2S/c1-19-5-4-17-10(19)11(21,12(13,14)15)2-3-16-9(20)8-6-22-7-18-8/h4-5,8,18,21H,2-3,6-7H2,1H3,(H,16,20)/t8-,11-/m1/s1. The molecule has 124 valence electrons. The molecule has 10 heteroatoms. The summed E-state index contributed by atoms with van der Waals surface area (Å²) in [5.74, 6) is 0.352. The average molecular weight is 338 g/mol. The summed E-state index contributed by atoms with van der Waals surface area (Å²) < 4.78 is 40.8. The van der Waals surface area contributed by atoms with Gasteiger partial charge in [0.05, 0.1) is 6.04 Å². The second-order valence-electron chi connectivity index (χ2n) is 5.03. The van der Waals surface area contributed by atoms with Crippen LogP contribution in [0.15, 0.2) is 12.4 Å². The number of hydrogen-bond acceptors (Lipinski definition) is 5. The maximum atomic E-state index is 13.2. The van der Waals surface area contributed by atoms with Gasteiger partial charge in [-0.1, -0.05) is 0 Å². The lowest BCUT2D eigenvalue weighted by atomic mass is 9.97. The first-order chi connectivity index (χ1) is 10.3. The van der Waals surface area contributed by atoms with Crippen molar-refractivity contribution in [1.82, 2.24) is 20.2 Å². The minimum atomic E-state index is -4.89. The Morgan fingerprint density at radius 2 is 2.36 bits per heavy atom. The SMILES string of the molecule is Cn1ccnc1[C@](O)(CCNC(=O)[C@H]1CSCN1)C(F)(F)F. The summed E-state index contributed by atoms with van der Waals surface area (Å²) in [6, 6.07) is -0.405. The van der Waals surface area contributed by atoms with Crippen LogP contribution in [0.2, 0.25) is 0 Å². The Bertz CT molecular complexity index is 531. The van der Waals surface area contributed by atoms with E-state index in [-0.39, 0.29) is 12.5 Å². The molecule has 2 rings (SSSR count). The number of aryl methyl sites for hydroxylation is 1. The van der Waals surface area contributed by atoms with E-state index in [1.54, 1.807) is 0 Å². The third-order valence-corrected chi connectivity index (χ3v) is 4.42. The van der Waals surface area contributed by atoms with E-state index in [2.05, 4.69) is 15.6 Å². The zero-order valence-corrected chi connectivity index (χ0v) is 12.7. The number of carbonyl (C=O) groups excluding carboxylic acids is 1. The van der Waals surface area contributed by atoms with Crippen molar-refractivity contribution in [2.45, 2.75) is 24.2 Å². The number of thioether (sulfide) groups is 1.